The van der Waals surface area contributed by atoms with Crippen LogP contribution < -0.4 is 9.47 Å². The Balaban J connectivity index is 2.07. The molecule has 0 radical (unpaired) electrons. The Morgan fingerprint density at radius 3 is 2.94 bits per heavy atom. The molecule has 1 aliphatic heterocycles. The Hall–Kier alpha value is -1.68. The van der Waals surface area contributed by atoms with Gasteiger partial charge in [0.05, 0.1) is 17.1 Å². The minimum atomic E-state index is 0.329. The summed E-state index contributed by atoms with van der Waals surface area (Å²) in [4.78, 5) is 4.27. The van der Waals surface area contributed by atoms with Gasteiger partial charge in [0.25, 0.3) is 0 Å². The second-order valence-corrected chi connectivity index (χ2v) is 3.87. The number of alkyl halides is 1. The van der Waals surface area contributed by atoms with Crippen LogP contribution in [0.4, 0.5) is 0 Å². The van der Waals surface area contributed by atoms with Crippen LogP contribution in [-0.4, -0.2) is 18.2 Å². The number of oxazole rings is 1. The molecule has 1 aromatic heterocycles. The number of hydrogen-bond donors (Lipinski definition) is 0. The van der Waals surface area contributed by atoms with E-state index in [0.29, 0.717) is 36.4 Å². The Kier molecular flexibility index (Phi) is 2.65. The first kappa shape index (κ1) is 10.5. The van der Waals surface area contributed by atoms with Crippen LogP contribution in [0, 0.1) is 0 Å². The zero-order valence-electron chi connectivity index (χ0n) is 8.98. The van der Waals surface area contributed by atoms with E-state index in [4.69, 9.17) is 25.5 Å². The Bertz CT molecular complexity index is 538. The van der Waals surface area contributed by atoms with E-state index in [1.807, 2.05) is 18.2 Å². The fraction of sp³-hybridized carbons (Fsp3) is 0.250. The van der Waals surface area contributed by atoms with Gasteiger partial charge in [-0.15, -0.1) is 11.6 Å². The minimum absolute atomic E-state index is 0.329. The molecule has 0 spiro atoms. The summed E-state index contributed by atoms with van der Waals surface area (Å²) in [6.07, 6.45) is 1.55. The molecule has 0 N–H and O–H groups in total. The van der Waals surface area contributed by atoms with Gasteiger partial charge in [-0.2, -0.15) is 0 Å². The fourth-order valence-electron chi connectivity index (χ4n) is 1.73. The fourth-order valence-corrected chi connectivity index (χ4v) is 1.86. The smallest absolute Gasteiger partial charge is 0.230 e. The number of hydrogen-bond acceptors (Lipinski definition) is 4. The monoisotopic (exact) mass is 251 g/mol. The third-order valence-corrected chi connectivity index (χ3v) is 2.76. The van der Waals surface area contributed by atoms with Crippen LogP contribution in [0.5, 0.6) is 11.5 Å². The lowest BCUT2D eigenvalue weighted by Crippen LogP contribution is -2.15. The first-order valence-electron chi connectivity index (χ1n) is 5.28. The molecule has 1 aliphatic rings. The van der Waals surface area contributed by atoms with Gasteiger partial charge in [0.1, 0.15) is 19.5 Å². The highest BCUT2D eigenvalue weighted by Crippen LogP contribution is 2.39. The minimum Gasteiger partial charge on any atom is -0.486 e. The largest absolute Gasteiger partial charge is 0.486 e. The lowest BCUT2D eigenvalue weighted by molar-refractivity contribution is 0.172. The van der Waals surface area contributed by atoms with Crippen molar-refractivity contribution in [2.24, 2.45) is 0 Å². The Labute approximate surface area is 103 Å². The highest BCUT2D eigenvalue weighted by atomic mass is 35.5. The molecule has 2 heterocycles. The predicted molar refractivity (Wildman–Crippen MR) is 62.5 cm³/mol. The first-order chi connectivity index (χ1) is 8.38. The van der Waals surface area contributed by atoms with Gasteiger partial charge in [-0.1, -0.05) is 6.07 Å². The van der Waals surface area contributed by atoms with Gasteiger partial charge in [-0.25, -0.2) is 4.98 Å². The molecule has 2 aromatic rings. The van der Waals surface area contributed by atoms with E-state index in [2.05, 4.69) is 4.98 Å². The maximum Gasteiger partial charge on any atom is 0.230 e. The third-order valence-electron chi connectivity index (χ3n) is 2.49. The van der Waals surface area contributed by atoms with Gasteiger partial charge < -0.3 is 13.9 Å². The molecule has 0 saturated carbocycles. The van der Waals surface area contributed by atoms with E-state index in [0.717, 1.165) is 11.3 Å². The van der Waals surface area contributed by atoms with Gasteiger partial charge in [0, 0.05) is 0 Å². The number of halogens is 1. The maximum atomic E-state index is 5.69. The van der Waals surface area contributed by atoms with Crippen molar-refractivity contribution in [1.82, 2.24) is 4.98 Å². The third kappa shape index (κ3) is 1.85. The van der Waals surface area contributed by atoms with Crippen LogP contribution in [-0.2, 0) is 5.88 Å². The lowest BCUT2D eigenvalue weighted by Gasteiger charge is -2.19. The number of aromatic nitrogens is 1. The van der Waals surface area contributed by atoms with Gasteiger partial charge in [-0.3, -0.25) is 0 Å². The molecular weight excluding hydrogens is 242 g/mol. The van der Waals surface area contributed by atoms with E-state index >= 15 is 0 Å². The topological polar surface area (TPSA) is 44.5 Å². The summed E-state index contributed by atoms with van der Waals surface area (Å²) in [6.45, 7) is 1.10. The quantitative estimate of drug-likeness (QED) is 0.770. The lowest BCUT2D eigenvalue weighted by atomic mass is 10.1. The molecule has 0 amide bonds. The second kappa shape index (κ2) is 4.30. The van der Waals surface area contributed by atoms with Gasteiger partial charge in [-0.05, 0) is 12.1 Å². The molecule has 0 fully saturated rings. The number of fused-ring (bicyclic) bond motifs is 1. The van der Waals surface area contributed by atoms with Crippen LogP contribution in [0.25, 0.3) is 11.5 Å². The molecule has 0 bridgehead atoms. The highest BCUT2D eigenvalue weighted by molar-refractivity contribution is 6.16. The molecule has 1 aromatic carbocycles. The maximum absolute atomic E-state index is 5.69. The summed E-state index contributed by atoms with van der Waals surface area (Å²) in [5.41, 5.74) is 1.49. The summed E-state index contributed by atoms with van der Waals surface area (Å²) in [5, 5.41) is 0. The normalized spacial score (nSPS) is 13.7. The highest BCUT2D eigenvalue weighted by Gasteiger charge is 2.19. The Morgan fingerprint density at radius 2 is 2.12 bits per heavy atom. The van der Waals surface area contributed by atoms with Crippen molar-refractivity contribution in [1.29, 1.82) is 0 Å². The Morgan fingerprint density at radius 1 is 1.24 bits per heavy atom. The number of ether oxygens (including phenoxy) is 2. The zero-order valence-corrected chi connectivity index (χ0v) is 9.74. The van der Waals surface area contributed by atoms with Crippen LogP contribution in [0.3, 0.4) is 0 Å². The van der Waals surface area contributed by atoms with Crippen molar-refractivity contribution in [3.05, 3.63) is 30.2 Å². The van der Waals surface area contributed by atoms with Gasteiger partial charge >= 0.3 is 0 Å². The number of para-hydroxylation sites is 1. The van der Waals surface area contributed by atoms with Crippen molar-refractivity contribution in [2.45, 2.75) is 5.88 Å². The molecule has 88 valence electrons. The van der Waals surface area contributed by atoms with E-state index in [1.165, 1.54) is 0 Å². The van der Waals surface area contributed by atoms with Crippen molar-refractivity contribution < 1.29 is 13.9 Å². The number of rotatable bonds is 2. The molecule has 17 heavy (non-hydrogen) atoms. The zero-order chi connectivity index (χ0) is 11.7. The number of nitrogens with zero attached hydrogens (tertiary/aromatic N) is 1. The SMILES string of the molecule is ClCc1coc(-c2cccc3c2OCCO3)n1. The summed E-state index contributed by atoms with van der Waals surface area (Å²) in [7, 11) is 0. The number of benzene rings is 1. The van der Waals surface area contributed by atoms with Crippen molar-refractivity contribution >= 4 is 11.6 Å². The predicted octanol–water partition coefficient (Wildman–Crippen LogP) is 2.85. The van der Waals surface area contributed by atoms with Gasteiger partial charge in [0.2, 0.25) is 5.89 Å². The summed E-state index contributed by atoms with van der Waals surface area (Å²) >= 11 is 5.69. The summed E-state index contributed by atoms with van der Waals surface area (Å²) < 4.78 is 16.5. The van der Waals surface area contributed by atoms with E-state index in [9.17, 15) is 0 Å². The summed E-state index contributed by atoms with van der Waals surface area (Å²) in [6, 6.07) is 5.63. The van der Waals surface area contributed by atoms with Crippen LogP contribution in [0.1, 0.15) is 5.69 Å². The first-order valence-corrected chi connectivity index (χ1v) is 5.81. The van der Waals surface area contributed by atoms with Crippen molar-refractivity contribution in [3.8, 4) is 23.0 Å². The summed E-state index contributed by atoms with van der Waals surface area (Å²) in [5.74, 6) is 2.24. The van der Waals surface area contributed by atoms with Crippen LogP contribution in [0.2, 0.25) is 0 Å². The van der Waals surface area contributed by atoms with E-state index in [1.54, 1.807) is 6.26 Å². The molecule has 0 saturated heterocycles. The molecular formula is C12H10ClNO3. The molecule has 0 unspecified atom stereocenters. The van der Waals surface area contributed by atoms with E-state index in [-0.39, 0.29) is 0 Å². The average molecular weight is 252 g/mol. The average Bonchev–Trinajstić information content (AvgIpc) is 2.87. The molecule has 4 nitrogen and oxygen atoms in total. The molecule has 5 heteroatoms. The molecule has 0 atom stereocenters. The standard InChI is InChI=1S/C12H10ClNO3/c13-6-8-7-17-12(14-8)9-2-1-3-10-11(9)16-5-4-15-10/h1-3,7H,4-6H2. The van der Waals surface area contributed by atoms with E-state index < -0.39 is 0 Å². The van der Waals surface area contributed by atoms with Crippen molar-refractivity contribution in [2.75, 3.05) is 13.2 Å². The van der Waals surface area contributed by atoms with Crippen LogP contribution >= 0.6 is 11.6 Å². The van der Waals surface area contributed by atoms with Gasteiger partial charge in [0.15, 0.2) is 11.5 Å². The van der Waals surface area contributed by atoms with Crippen molar-refractivity contribution in [3.63, 3.8) is 0 Å². The molecule has 0 aliphatic carbocycles. The van der Waals surface area contributed by atoms with Crippen LogP contribution in [0.15, 0.2) is 28.9 Å². The molecule has 3 rings (SSSR count). The second-order valence-electron chi connectivity index (χ2n) is 3.61.